The van der Waals surface area contributed by atoms with Gasteiger partial charge in [0, 0.05) is 17.1 Å². The Hall–Kier alpha value is -2.20. The molecule has 0 aromatic heterocycles. The van der Waals surface area contributed by atoms with Crippen molar-refractivity contribution in [1.29, 1.82) is 0 Å². The summed E-state index contributed by atoms with van der Waals surface area (Å²) in [5.74, 6) is 1.47. The van der Waals surface area contributed by atoms with Crippen molar-refractivity contribution in [2.24, 2.45) is 0 Å². The van der Waals surface area contributed by atoms with E-state index in [0.29, 0.717) is 17.3 Å². The molecule has 1 heterocycles. The van der Waals surface area contributed by atoms with Crippen LogP contribution < -0.4 is 4.90 Å². The van der Waals surface area contributed by atoms with Crippen molar-refractivity contribution in [3.63, 3.8) is 0 Å². The number of para-hydroxylation sites is 2. The zero-order valence-corrected chi connectivity index (χ0v) is 13.2. The molecule has 0 fully saturated rings. The van der Waals surface area contributed by atoms with E-state index >= 15 is 0 Å². The topological polar surface area (TPSA) is 29.5 Å². The summed E-state index contributed by atoms with van der Waals surface area (Å²) in [6.45, 7) is 2.51. The minimum atomic E-state index is -0.0420. The first-order valence-electron chi connectivity index (χ1n) is 7.18. The van der Waals surface area contributed by atoms with Crippen molar-refractivity contribution in [2.45, 2.75) is 6.92 Å². The molecule has 0 spiro atoms. The van der Waals surface area contributed by atoms with Crippen molar-refractivity contribution in [2.75, 3.05) is 17.3 Å². The van der Waals surface area contributed by atoms with Gasteiger partial charge < -0.3 is 4.74 Å². The Balaban J connectivity index is 2.04. The van der Waals surface area contributed by atoms with E-state index in [9.17, 15) is 4.79 Å². The summed E-state index contributed by atoms with van der Waals surface area (Å²) in [6.07, 6.45) is 0. The summed E-state index contributed by atoms with van der Waals surface area (Å²) in [7, 11) is 0. The Bertz CT molecular complexity index is 643. The first-order chi connectivity index (χ1) is 10.8. The average molecular weight is 311 g/mol. The number of allylic oxidation sites excluding steroid dienone is 1. The van der Waals surface area contributed by atoms with Gasteiger partial charge in [-0.05, 0) is 31.2 Å². The van der Waals surface area contributed by atoms with Gasteiger partial charge in [0.05, 0.1) is 6.61 Å². The molecule has 1 amide bonds. The first kappa shape index (κ1) is 14.7. The van der Waals surface area contributed by atoms with E-state index in [-0.39, 0.29) is 5.91 Å². The Morgan fingerprint density at radius 3 is 2.05 bits per heavy atom. The monoisotopic (exact) mass is 311 g/mol. The van der Waals surface area contributed by atoms with Gasteiger partial charge in [-0.2, -0.15) is 0 Å². The minimum absolute atomic E-state index is 0.0420. The molecule has 1 aliphatic heterocycles. The Labute approximate surface area is 134 Å². The van der Waals surface area contributed by atoms with Gasteiger partial charge in [0.25, 0.3) is 5.91 Å². The van der Waals surface area contributed by atoms with Gasteiger partial charge in [-0.25, -0.2) is 0 Å². The molecule has 0 saturated heterocycles. The van der Waals surface area contributed by atoms with E-state index in [0.717, 1.165) is 17.1 Å². The number of carbonyl (C=O) groups excluding carboxylic acids is 1. The summed E-state index contributed by atoms with van der Waals surface area (Å²) >= 11 is 1.56. The highest BCUT2D eigenvalue weighted by atomic mass is 32.2. The second-order valence-corrected chi connectivity index (χ2v) is 6.00. The average Bonchev–Trinajstić information content (AvgIpc) is 2.57. The number of ether oxygens (including phenoxy) is 1. The summed E-state index contributed by atoms with van der Waals surface area (Å²) < 4.78 is 5.54. The molecule has 0 aliphatic carbocycles. The predicted octanol–water partition coefficient (Wildman–Crippen LogP) is 4.35. The third kappa shape index (κ3) is 3.02. The van der Waals surface area contributed by atoms with Crippen LogP contribution in [0.25, 0.3) is 0 Å². The van der Waals surface area contributed by atoms with Crippen molar-refractivity contribution in [3.8, 4) is 0 Å². The van der Waals surface area contributed by atoms with E-state index in [4.69, 9.17) is 4.74 Å². The molecule has 0 bridgehead atoms. The predicted molar refractivity (Wildman–Crippen MR) is 91.1 cm³/mol. The zero-order chi connectivity index (χ0) is 15.4. The molecule has 3 rings (SSSR count). The van der Waals surface area contributed by atoms with Crippen LogP contribution in [0.1, 0.15) is 6.92 Å². The maximum atomic E-state index is 13.1. The third-order valence-corrected chi connectivity index (χ3v) is 4.52. The standard InChI is InChI=1S/C18H17NO2S/c1-14-17(22-13-12-21-14)18(20)19(15-8-4-2-5-9-15)16-10-6-3-7-11-16/h2-11H,12-13H2,1H3. The molecule has 0 saturated carbocycles. The number of hydrogen-bond donors (Lipinski definition) is 0. The lowest BCUT2D eigenvalue weighted by Gasteiger charge is -2.26. The Morgan fingerprint density at radius 2 is 1.55 bits per heavy atom. The first-order valence-corrected chi connectivity index (χ1v) is 8.17. The fourth-order valence-corrected chi connectivity index (χ4v) is 3.20. The number of benzene rings is 2. The molecular formula is C18H17NO2S. The van der Waals surface area contributed by atoms with Crippen LogP contribution in [0.2, 0.25) is 0 Å². The van der Waals surface area contributed by atoms with E-state index in [1.807, 2.05) is 67.6 Å². The van der Waals surface area contributed by atoms with Crippen molar-refractivity contribution < 1.29 is 9.53 Å². The number of amides is 1. The van der Waals surface area contributed by atoms with Gasteiger partial charge in [0.2, 0.25) is 0 Å². The van der Waals surface area contributed by atoms with E-state index in [2.05, 4.69) is 0 Å². The van der Waals surface area contributed by atoms with Crippen molar-refractivity contribution in [3.05, 3.63) is 71.3 Å². The Kier molecular flexibility index (Phi) is 4.49. The summed E-state index contributed by atoms with van der Waals surface area (Å²) in [5.41, 5.74) is 1.70. The van der Waals surface area contributed by atoms with E-state index < -0.39 is 0 Å². The maximum absolute atomic E-state index is 13.1. The zero-order valence-electron chi connectivity index (χ0n) is 12.4. The summed E-state index contributed by atoms with van der Waals surface area (Å²) in [6, 6.07) is 19.4. The fraction of sp³-hybridized carbons (Fsp3) is 0.167. The highest BCUT2D eigenvalue weighted by molar-refractivity contribution is 8.04. The largest absolute Gasteiger partial charge is 0.496 e. The van der Waals surface area contributed by atoms with Gasteiger partial charge >= 0.3 is 0 Å². The Morgan fingerprint density at radius 1 is 1.00 bits per heavy atom. The number of nitrogens with zero attached hydrogens (tertiary/aromatic N) is 1. The lowest BCUT2D eigenvalue weighted by atomic mass is 10.2. The molecule has 3 nitrogen and oxygen atoms in total. The highest BCUT2D eigenvalue weighted by Gasteiger charge is 2.26. The van der Waals surface area contributed by atoms with Gasteiger partial charge in [-0.3, -0.25) is 9.69 Å². The smallest absolute Gasteiger partial charge is 0.272 e. The molecule has 2 aromatic carbocycles. The lowest BCUT2D eigenvalue weighted by Crippen LogP contribution is -2.28. The van der Waals surface area contributed by atoms with Crippen LogP contribution >= 0.6 is 11.8 Å². The maximum Gasteiger partial charge on any atom is 0.272 e. The van der Waals surface area contributed by atoms with E-state index in [1.54, 1.807) is 16.7 Å². The fourth-order valence-electron chi connectivity index (χ4n) is 2.36. The molecule has 112 valence electrons. The van der Waals surface area contributed by atoms with Gasteiger partial charge in [0.15, 0.2) is 0 Å². The molecule has 0 unspecified atom stereocenters. The second kappa shape index (κ2) is 6.71. The number of anilines is 2. The molecule has 22 heavy (non-hydrogen) atoms. The molecular weight excluding hydrogens is 294 g/mol. The summed E-state index contributed by atoms with van der Waals surface area (Å²) in [5, 5.41) is 0. The van der Waals surface area contributed by atoms with Crippen LogP contribution in [0, 0.1) is 0 Å². The minimum Gasteiger partial charge on any atom is -0.496 e. The SMILES string of the molecule is CC1=C(C(=O)N(c2ccccc2)c2ccccc2)SCCO1. The van der Waals surface area contributed by atoms with Gasteiger partial charge in [-0.15, -0.1) is 11.8 Å². The van der Waals surface area contributed by atoms with Crippen LogP contribution in [-0.4, -0.2) is 18.3 Å². The van der Waals surface area contributed by atoms with Gasteiger partial charge in [-0.1, -0.05) is 36.4 Å². The van der Waals surface area contributed by atoms with Gasteiger partial charge in [0.1, 0.15) is 10.7 Å². The number of thioether (sulfide) groups is 1. The van der Waals surface area contributed by atoms with Crippen LogP contribution in [0.3, 0.4) is 0 Å². The van der Waals surface area contributed by atoms with Crippen molar-refractivity contribution >= 4 is 29.0 Å². The number of hydrogen-bond acceptors (Lipinski definition) is 3. The van der Waals surface area contributed by atoms with Crippen LogP contribution in [0.15, 0.2) is 71.3 Å². The summed E-state index contributed by atoms with van der Waals surface area (Å²) in [4.78, 5) is 15.5. The molecule has 0 radical (unpaired) electrons. The van der Waals surface area contributed by atoms with Crippen LogP contribution in [-0.2, 0) is 9.53 Å². The molecule has 2 aromatic rings. The van der Waals surface area contributed by atoms with Crippen molar-refractivity contribution in [1.82, 2.24) is 0 Å². The lowest BCUT2D eigenvalue weighted by molar-refractivity contribution is -0.114. The molecule has 0 N–H and O–H groups in total. The third-order valence-electron chi connectivity index (χ3n) is 3.39. The van der Waals surface area contributed by atoms with Crippen LogP contribution in [0.4, 0.5) is 11.4 Å². The molecule has 0 atom stereocenters. The normalized spacial score (nSPS) is 14.4. The quantitative estimate of drug-likeness (QED) is 0.844. The number of carbonyl (C=O) groups is 1. The van der Waals surface area contributed by atoms with E-state index in [1.165, 1.54) is 0 Å². The second-order valence-electron chi connectivity index (χ2n) is 4.89. The highest BCUT2D eigenvalue weighted by Crippen LogP contribution is 2.33. The molecule has 4 heteroatoms. The van der Waals surface area contributed by atoms with Crippen LogP contribution in [0.5, 0.6) is 0 Å². The molecule has 1 aliphatic rings. The number of rotatable bonds is 3.